The number of nitrogens with zero attached hydrogens (tertiary/aromatic N) is 2. The maximum Gasteiger partial charge on any atom is 0.257 e. The van der Waals surface area contributed by atoms with E-state index in [1.807, 2.05) is 0 Å². The van der Waals surface area contributed by atoms with Gasteiger partial charge in [0.2, 0.25) is 0 Å². The van der Waals surface area contributed by atoms with Gasteiger partial charge in [-0.05, 0) is 46.3 Å². The van der Waals surface area contributed by atoms with Crippen LogP contribution in [0, 0.1) is 5.82 Å². The number of carbonyl (C=O) groups is 1. The molecule has 1 N–H and O–H groups in total. The summed E-state index contributed by atoms with van der Waals surface area (Å²) in [5, 5.41) is 2.67. The van der Waals surface area contributed by atoms with Gasteiger partial charge in [-0.15, -0.1) is 0 Å². The molecule has 104 valence electrons. The molecule has 0 radical (unpaired) electrons. The SMILES string of the molecule is O=C(Nc1cc(F)ccc1Br)c1cccc2nccnc12. The number of carbonyl (C=O) groups excluding carboxylic acids is 1. The minimum absolute atomic E-state index is 0.362. The van der Waals surface area contributed by atoms with Crippen molar-refractivity contribution in [2.24, 2.45) is 0 Å². The van der Waals surface area contributed by atoms with Crippen molar-refractivity contribution in [1.82, 2.24) is 9.97 Å². The first-order valence-electron chi connectivity index (χ1n) is 6.11. The second-order valence-corrected chi connectivity index (χ2v) is 5.16. The monoisotopic (exact) mass is 345 g/mol. The Kier molecular flexibility index (Phi) is 3.62. The highest BCUT2D eigenvalue weighted by Gasteiger charge is 2.13. The van der Waals surface area contributed by atoms with Gasteiger partial charge in [0.1, 0.15) is 11.3 Å². The Bertz CT molecular complexity index is 833. The van der Waals surface area contributed by atoms with E-state index in [0.717, 1.165) is 0 Å². The van der Waals surface area contributed by atoms with Crippen LogP contribution in [0.5, 0.6) is 0 Å². The molecule has 0 aliphatic carbocycles. The first-order chi connectivity index (χ1) is 10.1. The number of hydrogen-bond donors (Lipinski definition) is 1. The number of halogens is 2. The Morgan fingerprint density at radius 1 is 1.14 bits per heavy atom. The Hall–Kier alpha value is -2.34. The lowest BCUT2D eigenvalue weighted by Crippen LogP contribution is -2.13. The first-order valence-corrected chi connectivity index (χ1v) is 6.90. The fraction of sp³-hybridized carbons (Fsp3) is 0. The van der Waals surface area contributed by atoms with Gasteiger partial charge in [0, 0.05) is 16.9 Å². The number of amides is 1. The average Bonchev–Trinajstić information content (AvgIpc) is 2.50. The number of para-hydroxylation sites is 1. The van der Waals surface area contributed by atoms with Gasteiger partial charge < -0.3 is 5.32 Å². The topological polar surface area (TPSA) is 54.9 Å². The highest BCUT2D eigenvalue weighted by atomic mass is 79.9. The Balaban J connectivity index is 1.99. The lowest BCUT2D eigenvalue weighted by molar-refractivity contribution is 0.102. The van der Waals surface area contributed by atoms with E-state index in [9.17, 15) is 9.18 Å². The summed E-state index contributed by atoms with van der Waals surface area (Å²) < 4.78 is 13.9. The normalized spacial score (nSPS) is 10.6. The van der Waals surface area contributed by atoms with Crippen LogP contribution in [-0.2, 0) is 0 Å². The van der Waals surface area contributed by atoms with Gasteiger partial charge in [-0.1, -0.05) is 6.07 Å². The van der Waals surface area contributed by atoms with Crippen molar-refractivity contribution in [2.45, 2.75) is 0 Å². The van der Waals surface area contributed by atoms with Crippen molar-refractivity contribution in [3.63, 3.8) is 0 Å². The van der Waals surface area contributed by atoms with Crippen LogP contribution >= 0.6 is 15.9 Å². The lowest BCUT2D eigenvalue weighted by atomic mass is 10.1. The number of fused-ring (bicyclic) bond motifs is 1. The zero-order valence-electron chi connectivity index (χ0n) is 10.7. The molecule has 1 aromatic heterocycles. The van der Waals surface area contributed by atoms with Gasteiger partial charge in [0.05, 0.1) is 16.8 Å². The molecule has 2 aromatic carbocycles. The van der Waals surface area contributed by atoms with Gasteiger partial charge in [-0.2, -0.15) is 0 Å². The van der Waals surface area contributed by atoms with E-state index in [2.05, 4.69) is 31.2 Å². The molecule has 0 aliphatic rings. The third-order valence-electron chi connectivity index (χ3n) is 2.92. The molecule has 0 fully saturated rings. The van der Waals surface area contributed by atoms with Gasteiger partial charge in [-0.25, -0.2) is 4.39 Å². The van der Waals surface area contributed by atoms with Crippen LogP contribution in [0.15, 0.2) is 53.3 Å². The Labute approximate surface area is 128 Å². The minimum Gasteiger partial charge on any atom is -0.321 e. The highest BCUT2D eigenvalue weighted by Crippen LogP contribution is 2.24. The van der Waals surface area contributed by atoms with E-state index < -0.39 is 5.82 Å². The molecule has 0 atom stereocenters. The summed E-state index contributed by atoms with van der Waals surface area (Å²) in [5.74, 6) is -0.793. The molecular weight excluding hydrogens is 337 g/mol. The van der Waals surface area contributed by atoms with Gasteiger partial charge in [0.25, 0.3) is 5.91 Å². The molecule has 0 unspecified atom stereocenters. The number of rotatable bonds is 2. The predicted octanol–water partition coefficient (Wildman–Crippen LogP) is 3.78. The minimum atomic E-state index is -0.425. The van der Waals surface area contributed by atoms with E-state index in [1.165, 1.54) is 24.4 Å². The van der Waals surface area contributed by atoms with E-state index in [1.54, 1.807) is 24.4 Å². The summed E-state index contributed by atoms with van der Waals surface area (Å²) in [6, 6.07) is 9.25. The van der Waals surface area contributed by atoms with Crippen LogP contribution in [-0.4, -0.2) is 15.9 Å². The Morgan fingerprint density at radius 2 is 1.95 bits per heavy atom. The molecule has 1 heterocycles. The fourth-order valence-corrected chi connectivity index (χ4v) is 2.30. The van der Waals surface area contributed by atoms with Crippen molar-refractivity contribution < 1.29 is 9.18 Å². The molecular formula is C15H9BrFN3O. The van der Waals surface area contributed by atoms with Crippen LogP contribution < -0.4 is 5.32 Å². The number of nitrogens with one attached hydrogen (secondary N) is 1. The van der Waals surface area contributed by atoms with Crippen LogP contribution in [0.3, 0.4) is 0 Å². The molecule has 3 rings (SSSR count). The highest BCUT2D eigenvalue weighted by molar-refractivity contribution is 9.10. The average molecular weight is 346 g/mol. The lowest BCUT2D eigenvalue weighted by Gasteiger charge is -2.09. The standard InChI is InChI=1S/C15H9BrFN3O/c16-11-5-4-9(17)8-13(11)20-15(21)10-2-1-3-12-14(10)19-7-6-18-12/h1-8H,(H,20,21). The van der Waals surface area contributed by atoms with Crippen LogP contribution in [0.25, 0.3) is 11.0 Å². The van der Waals surface area contributed by atoms with Crippen LogP contribution in [0.4, 0.5) is 10.1 Å². The van der Waals surface area contributed by atoms with Crippen molar-refractivity contribution in [1.29, 1.82) is 0 Å². The molecule has 0 aliphatic heterocycles. The predicted molar refractivity (Wildman–Crippen MR) is 81.6 cm³/mol. The van der Waals surface area contributed by atoms with Crippen molar-refractivity contribution >= 4 is 38.6 Å². The van der Waals surface area contributed by atoms with E-state index >= 15 is 0 Å². The largest absolute Gasteiger partial charge is 0.321 e. The van der Waals surface area contributed by atoms with Gasteiger partial charge in [-0.3, -0.25) is 14.8 Å². The summed E-state index contributed by atoms with van der Waals surface area (Å²) in [7, 11) is 0. The second kappa shape index (κ2) is 5.57. The van der Waals surface area contributed by atoms with Crippen LogP contribution in [0.2, 0.25) is 0 Å². The molecule has 0 saturated heterocycles. The maximum absolute atomic E-state index is 13.3. The first kappa shape index (κ1) is 13.6. The molecule has 6 heteroatoms. The van der Waals surface area contributed by atoms with E-state index in [4.69, 9.17) is 0 Å². The molecule has 0 spiro atoms. The fourth-order valence-electron chi connectivity index (χ4n) is 1.96. The van der Waals surface area contributed by atoms with Gasteiger partial charge in [0.15, 0.2) is 0 Å². The number of benzene rings is 2. The molecule has 4 nitrogen and oxygen atoms in total. The zero-order chi connectivity index (χ0) is 14.8. The van der Waals surface area contributed by atoms with Crippen molar-refractivity contribution in [3.8, 4) is 0 Å². The van der Waals surface area contributed by atoms with E-state index in [-0.39, 0.29) is 5.91 Å². The molecule has 1 amide bonds. The van der Waals surface area contributed by atoms with Crippen LogP contribution in [0.1, 0.15) is 10.4 Å². The third kappa shape index (κ3) is 2.75. The number of anilines is 1. The maximum atomic E-state index is 13.3. The summed E-state index contributed by atoms with van der Waals surface area (Å²) >= 11 is 3.27. The summed E-state index contributed by atoms with van der Waals surface area (Å²) in [6.45, 7) is 0. The number of aromatic nitrogens is 2. The second-order valence-electron chi connectivity index (χ2n) is 4.31. The molecule has 0 saturated carbocycles. The summed E-state index contributed by atoms with van der Waals surface area (Å²) in [4.78, 5) is 20.7. The quantitative estimate of drug-likeness (QED) is 0.768. The van der Waals surface area contributed by atoms with Gasteiger partial charge >= 0.3 is 0 Å². The smallest absolute Gasteiger partial charge is 0.257 e. The number of hydrogen-bond acceptors (Lipinski definition) is 3. The third-order valence-corrected chi connectivity index (χ3v) is 3.61. The summed E-state index contributed by atoms with van der Waals surface area (Å²) in [6.07, 6.45) is 3.09. The molecule has 0 bridgehead atoms. The summed E-state index contributed by atoms with van der Waals surface area (Å²) in [5.41, 5.74) is 1.88. The Morgan fingerprint density at radius 3 is 2.81 bits per heavy atom. The van der Waals surface area contributed by atoms with Crippen molar-refractivity contribution in [2.75, 3.05) is 5.32 Å². The van der Waals surface area contributed by atoms with E-state index in [0.29, 0.717) is 26.8 Å². The molecule has 21 heavy (non-hydrogen) atoms. The van der Waals surface area contributed by atoms with Crippen molar-refractivity contribution in [3.05, 3.63) is 64.6 Å². The molecule has 3 aromatic rings. The zero-order valence-corrected chi connectivity index (χ0v) is 12.3.